The highest BCUT2D eigenvalue weighted by molar-refractivity contribution is 5.95. The molecule has 1 fully saturated rings. The monoisotopic (exact) mass is 365 g/mol. The van der Waals surface area contributed by atoms with Gasteiger partial charge in [0.1, 0.15) is 0 Å². The van der Waals surface area contributed by atoms with E-state index in [-0.39, 0.29) is 18.4 Å². The summed E-state index contributed by atoms with van der Waals surface area (Å²) in [7, 11) is 0. The average Bonchev–Trinajstić information content (AvgIpc) is 3.45. The van der Waals surface area contributed by atoms with Crippen LogP contribution in [0.3, 0.4) is 0 Å². The molecular formula is C19H15F4NO2. The maximum absolute atomic E-state index is 14.0. The molecule has 2 aromatic rings. The number of hydrogen-bond acceptors (Lipinski definition) is 2. The SMILES string of the molecule is CC(=O)c1ccc(CN(C(=O)c2cc(F)c(F)c(F)c2F)C2CC2)cc1. The van der Waals surface area contributed by atoms with E-state index in [4.69, 9.17) is 0 Å². The van der Waals surface area contributed by atoms with Gasteiger partial charge in [0.2, 0.25) is 0 Å². The van der Waals surface area contributed by atoms with Crippen molar-refractivity contribution in [2.24, 2.45) is 0 Å². The maximum atomic E-state index is 14.0. The zero-order valence-corrected chi connectivity index (χ0v) is 13.9. The molecule has 1 saturated carbocycles. The smallest absolute Gasteiger partial charge is 0.257 e. The van der Waals surface area contributed by atoms with Crippen LogP contribution in [0.15, 0.2) is 30.3 Å². The van der Waals surface area contributed by atoms with E-state index in [1.54, 1.807) is 24.3 Å². The summed E-state index contributed by atoms with van der Waals surface area (Å²) in [5.74, 6) is -8.28. The molecule has 0 radical (unpaired) electrons. The van der Waals surface area contributed by atoms with Crippen molar-refractivity contribution in [2.75, 3.05) is 0 Å². The molecule has 0 heterocycles. The normalized spacial score (nSPS) is 13.6. The van der Waals surface area contributed by atoms with Gasteiger partial charge in [0, 0.05) is 18.2 Å². The van der Waals surface area contributed by atoms with Gasteiger partial charge in [0.25, 0.3) is 5.91 Å². The second-order valence-corrected chi connectivity index (χ2v) is 6.27. The van der Waals surface area contributed by atoms with Crippen LogP contribution in [0.5, 0.6) is 0 Å². The van der Waals surface area contributed by atoms with Crippen molar-refractivity contribution in [1.29, 1.82) is 0 Å². The molecule has 26 heavy (non-hydrogen) atoms. The van der Waals surface area contributed by atoms with E-state index in [1.807, 2.05) is 0 Å². The average molecular weight is 365 g/mol. The summed E-state index contributed by atoms with van der Waals surface area (Å²) in [5, 5.41) is 0. The topological polar surface area (TPSA) is 37.4 Å². The van der Waals surface area contributed by atoms with Gasteiger partial charge in [-0.15, -0.1) is 0 Å². The molecule has 0 saturated heterocycles. The van der Waals surface area contributed by atoms with E-state index in [9.17, 15) is 27.2 Å². The van der Waals surface area contributed by atoms with Crippen molar-refractivity contribution in [3.8, 4) is 0 Å². The van der Waals surface area contributed by atoms with Crippen molar-refractivity contribution in [3.63, 3.8) is 0 Å². The summed E-state index contributed by atoms with van der Waals surface area (Å²) in [5.41, 5.74) is 0.346. The van der Waals surface area contributed by atoms with Crippen molar-refractivity contribution < 1.29 is 27.2 Å². The molecule has 0 aliphatic heterocycles. The summed E-state index contributed by atoms with van der Waals surface area (Å²) in [6.45, 7) is 1.51. The van der Waals surface area contributed by atoms with Crippen molar-refractivity contribution >= 4 is 11.7 Å². The van der Waals surface area contributed by atoms with Gasteiger partial charge < -0.3 is 4.90 Å². The van der Waals surface area contributed by atoms with Gasteiger partial charge in [-0.3, -0.25) is 9.59 Å². The van der Waals surface area contributed by atoms with E-state index < -0.39 is 34.7 Å². The first-order valence-electron chi connectivity index (χ1n) is 8.03. The van der Waals surface area contributed by atoms with Gasteiger partial charge in [-0.2, -0.15) is 0 Å². The first kappa shape index (κ1) is 18.1. The summed E-state index contributed by atoms with van der Waals surface area (Å²) >= 11 is 0. The second kappa shape index (κ2) is 6.90. The van der Waals surface area contributed by atoms with E-state index in [1.165, 1.54) is 11.8 Å². The Hall–Kier alpha value is -2.70. The minimum absolute atomic E-state index is 0.0851. The van der Waals surface area contributed by atoms with E-state index in [0.29, 0.717) is 30.0 Å². The fourth-order valence-electron chi connectivity index (χ4n) is 2.68. The van der Waals surface area contributed by atoms with Crippen LogP contribution in [0.1, 0.15) is 46.0 Å². The number of benzene rings is 2. The molecule has 0 bridgehead atoms. The number of halogens is 4. The Labute approximate surface area is 147 Å². The number of carbonyl (C=O) groups excluding carboxylic acids is 2. The van der Waals surface area contributed by atoms with Crippen LogP contribution >= 0.6 is 0 Å². The van der Waals surface area contributed by atoms with Crippen molar-refractivity contribution in [1.82, 2.24) is 4.90 Å². The quantitative estimate of drug-likeness (QED) is 0.344. The molecular weight excluding hydrogens is 350 g/mol. The molecule has 0 N–H and O–H groups in total. The second-order valence-electron chi connectivity index (χ2n) is 6.27. The third-order valence-corrected chi connectivity index (χ3v) is 4.29. The first-order valence-corrected chi connectivity index (χ1v) is 8.03. The molecule has 1 amide bonds. The minimum atomic E-state index is -2.00. The minimum Gasteiger partial charge on any atom is -0.331 e. The Kier molecular flexibility index (Phi) is 4.80. The molecule has 0 atom stereocenters. The molecule has 3 rings (SSSR count). The maximum Gasteiger partial charge on any atom is 0.257 e. The lowest BCUT2D eigenvalue weighted by Crippen LogP contribution is -2.33. The number of carbonyl (C=O) groups is 2. The molecule has 0 unspecified atom stereocenters. The summed E-state index contributed by atoms with van der Waals surface area (Å²) in [4.78, 5) is 25.2. The Morgan fingerprint density at radius 1 is 1.00 bits per heavy atom. The zero-order valence-electron chi connectivity index (χ0n) is 13.9. The largest absolute Gasteiger partial charge is 0.331 e. The highest BCUT2D eigenvalue weighted by Gasteiger charge is 2.35. The van der Waals surface area contributed by atoms with Crippen LogP contribution in [-0.2, 0) is 6.54 Å². The molecule has 3 nitrogen and oxygen atoms in total. The van der Waals surface area contributed by atoms with E-state index in [0.717, 1.165) is 0 Å². The number of Topliss-reactive ketones (excluding diaryl/α,β-unsaturated/α-hetero) is 1. The number of amides is 1. The Balaban J connectivity index is 1.89. The standard InChI is InChI=1S/C19H15F4NO2/c1-10(25)12-4-2-11(3-5-12)9-24(13-6-7-13)19(26)14-8-15(20)17(22)18(23)16(14)21/h2-5,8,13H,6-7,9H2,1H3. The van der Waals surface area contributed by atoms with Gasteiger partial charge in [-0.1, -0.05) is 24.3 Å². The molecule has 0 aromatic heterocycles. The van der Waals surface area contributed by atoms with E-state index >= 15 is 0 Å². The van der Waals surface area contributed by atoms with Gasteiger partial charge in [-0.05, 0) is 31.4 Å². The van der Waals surface area contributed by atoms with Crippen LogP contribution in [0, 0.1) is 23.3 Å². The molecule has 136 valence electrons. The van der Waals surface area contributed by atoms with Gasteiger partial charge in [0.05, 0.1) is 5.56 Å². The lowest BCUT2D eigenvalue weighted by molar-refractivity contribution is 0.0722. The summed E-state index contributed by atoms with van der Waals surface area (Å²) in [6, 6.07) is 6.72. The molecule has 1 aliphatic rings. The van der Waals surface area contributed by atoms with E-state index in [2.05, 4.69) is 0 Å². The molecule has 1 aliphatic carbocycles. The molecule has 2 aromatic carbocycles. The van der Waals surface area contributed by atoms with Gasteiger partial charge in [-0.25, -0.2) is 17.6 Å². The van der Waals surface area contributed by atoms with Crippen LogP contribution in [-0.4, -0.2) is 22.6 Å². The Bertz CT molecular complexity index is 876. The highest BCUT2D eigenvalue weighted by atomic mass is 19.2. The van der Waals surface area contributed by atoms with Crippen LogP contribution in [0.4, 0.5) is 17.6 Å². The fourth-order valence-corrected chi connectivity index (χ4v) is 2.68. The summed E-state index contributed by atoms with van der Waals surface area (Å²) < 4.78 is 53.9. The number of rotatable bonds is 5. The van der Waals surface area contributed by atoms with Gasteiger partial charge in [0.15, 0.2) is 29.1 Å². The predicted molar refractivity (Wildman–Crippen MR) is 85.6 cm³/mol. The lowest BCUT2D eigenvalue weighted by Gasteiger charge is -2.23. The predicted octanol–water partition coefficient (Wildman–Crippen LogP) is 4.25. The van der Waals surface area contributed by atoms with Gasteiger partial charge >= 0.3 is 0 Å². The van der Waals surface area contributed by atoms with Crippen LogP contribution < -0.4 is 0 Å². The lowest BCUT2D eigenvalue weighted by atomic mass is 10.1. The van der Waals surface area contributed by atoms with Crippen molar-refractivity contribution in [2.45, 2.75) is 32.4 Å². The zero-order chi connectivity index (χ0) is 19.0. The number of ketones is 1. The first-order chi connectivity index (χ1) is 12.3. The van der Waals surface area contributed by atoms with Crippen LogP contribution in [0.25, 0.3) is 0 Å². The summed E-state index contributed by atoms with van der Waals surface area (Å²) in [6.07, 6.45) is 1.37. The highest BCUT2D eigenvalue weighted by Crippen LogP contribution is 2.31. The molecule has 0 spiro atoms. The Morgan fingerprint density at radius 2 is 1.62 bits per heavy atom. The van der Waals surface area contributed by atoms with Crippen molar-refractivity contribution in [3.05, 3.63) is 70.3 Å². The third kappa shape index (κ3) is 3.47. The number of hydrogen-bond donors (Lipinski definition) is 0. The van der Waals surface area contributed by atoms with Crippen LogP contribution in [0.2, 0.25) is 0 Å². The Morgan fingerprint density at radius 3 is 2.15 bits per heavy atom. The fraction of sp³-hybridized carbons (Fsp3) is 0.263. The third-order valence-electron chi connectivity index (χ3n) is 4.29. The molecule has 7 heteroatoms. The number of nitrogens with zero attached hydrogens (tertiary/aromatic N) is 1.